The number of aliphatic carboxylic acids is 1. The van der Waals surface area contributed by atoms with Crippen LogP contribution in [0.3, 0.4) is 0 Å². The summed E-state index contributed by atoms with van der Waals surface area (Å²) >= 11 is 0. The van der Waals surface area contributed by atoms with E-state index >= 15 is 0 Å². The Balaban J connectivity index is 4.37. The maximum absolute atomic E-state index is 10.3. The second kappa shape index (κ2) is 5.18. The molecule has 0 radical (unpaired) electrons. The summed E-state index contributed by atoms with van der Waals surface area (Å²) in [5.74, 6) is -0.938. The predicted molar refractivity (Wildman–Crippen MR) is 46.9 cm³/mol. The van der Waals surface area contributed by atoms with Crippen LogP contribution in [0, 0.1) is 0 Å². The molecule has 0 unspecified atom stereocenters. The molecule has 3 heteroatoms. The van der Waals surface area contributed by atoms with Crippen molar-refractivity contribution in [1.82, 2.24) is 0 Å². The number of allylic oxidation sites excluding steroid dienone is 4. The Bertz CT molecular complexity index is 246. The quantitative estimate of drug-likeness (QED) is 0.385. The number of aliphatic hydroxyl groups excluding tert-OH is 1. The molecule has 0 aromatic rings. The first-order valence-corrected chi connectivity index (χ1v) is 3.47. The maximum Gasteiger partial charge on any atom is 0.331 e. The molecule has 0 spiro atoms. The summed E-state index contributed by atoms with van der Waals surface area (Å²) < 4.78 is 0. The van der Waals surface area contributed by atoms with Crippen molar-refractivity contribution in [2.45, 2.75) is 13.8 Å². The topological polar surface area (TPSA) is 57.5 Å². The third kappa shape index (κ3) is 4.33. The Morgan fingerprint density at radius 1 is 1.25 bits per heavy atom. The number of hydrogen-bond donors (Lipinski definition) is 2. The van der Waals surface area contributed by atoms with E-state index in [9.17, 15) is 4.79 Å². The number of carboxylic acids is 1. The summed E-state index contributed by atoms with van der Waals surface area (Å²) in [6, 6.07) is 0. The fraction of sp³-hybridized carbons (Fsp3) is 0.222. The third-order valence-corrected chi connectivity index (χ3v) is 1.27. The Labute approximate surface area is 71.3 Å². The molecule has 66 valence electrons. The van der Waals surface area contributed by atoms with Gasteiger partial charge in [0.1, 0.15) is 0 Å². The monoisotopic (exact) mass is 168 g/mol. The number of aliphatic hydroxyl groups is 1. The van der Waals surface area contributed by atoms with Gasteiger partial charge in [-0.3, -0.25) is 0 Å². The molecule has 0 rings (SSSR count). The van der Waals surface area contributed by atoms with Gasteiger partial charge >= 0.3 is 5.97 Å². The van der Waals surface area contributed by atoms with Crippen LogP contribution in [0.2, 0.25) is 0 Å². The molecular formula is C9H12O3. The van der Waals surface area contributed by atoms with E-state index in [1.165, 1.54) is 19.1 Å². The minimum absolute atomic E-state index is 0.265. The highest BCUT2D eigenvalue weighted by Gasteiger charge is 1.95. The van der Waals surface area contributed by atoms with Crippen LogP contribution in [0.4, 0.5) is 0 Å². The van der Waals surface area contributed by atoms with Crippen molar-refractivity contribution in [2.75, 3.05) is 0 Å². The first kappa shape index (κ1) is 10.5. The Morgan fingerprint density at radius 2 is 1.83 bits per heavy atom. The lowest BCUT2D eigenvalue weighted by molar-refractivity contribution is -0.132. The smallest absolute Gasteiger partial charge is 0.331 e. The highest BCUT2D eigenvalue weighted by molar-refractivity contribution is 5.86. The van der Waals surface area contributed by atoms with Gasteiger partial charge in [0.2, 0.25) is 0 Å². The largest absolute Gasteiger partial charge is 0.516 e. The molecule has 0 aliphatic heterocycles. The molecule has 0 fully saturated rings. The molecule has 2 N–H and O–H groups in total. The summed E-state index contributed by atoms with van der Waals surface area (Å²) in [5, 5.41) is 16.8. The van der Waals surface area contributed by atoms with Crippen LogP contribution in [0.25, 0.3) is 0 Å². The first-order valence-electron chi connectivity index (χ1n) is 3.47. The second-order valence-corrected chi connectivity index (χ2v) is 2.38. The van der Waals surface area contributed by atoms with Gasteiger partial charge in [0, 0.05) is 5.57 Å². The van der Waals surface area contributed by atoms with Crippen molar-refractivity contribution in [3.8, 4) is 0 Å². The second-order valence-electron chi connectivity index (χ2n) is 2.38. The van der Waals surface area contributed by atoms with Crippen LogP contribution < -0.4 is 0 Å². The van der Waals surface area contributed by atoms with Crippen molar-refractivity contribution < 1.29 is 15.0 Å². The molecule has 0 atom stereocenters. The van der Waals surface area contributed by atoms with Crippen LogP contribution in [-0.4, -0.2) is 16.2 Å². The lowest BCUT2D eigenvalue weighted by atomic mass is 10.2. The van der Waals surface area contributed by atoms with Crippen molar-refractivity contribution in [3.05, 3.63) is 35.6 Å². The summed E-state index contributed by atoms with van der Waals surface area (Å²) in [6.45, 7) is 3.27. The molecule has 0 bridgehead atoms. The molecule has 3 nitrogen and oxygen atoms in total. The summed E-state index contributed by atoms with van der Waals surface area (Å²) in [7, 11) is 0. The zero-order valence-electron chi connectivity index (χ0n) is 7.11. The number of hydrogen-bond acceptors (Lipinski definition) is 2. The van der Waals surface area contributed by atoms with Crippen LogP contribution in [-0.2, 0) is 4.79 Å². The molecular weight excluding hydrogens is 156 g/mol. The lowest BCUT2D eigenvalue weighted by Crippen LogP contribution is -1.94. The fourth-order valence-electron chi connectivity index (χ4n) is 0.501. The standard InChI is InChI=1S/C9H12O3/c1-7(5-6-10)3-4-8(2)9(11)12/h3-6,10H,1-2H3,(H,11,12)/b6-5+,7-3-,8-4+. The molecule has 0 aromatic carbocycles. The lowest BCUT2D eigenvalue weighted by Gasteiger charge is -1.89. The summed E-state index contributed by atoms with van der Waals surface area (Å²) in [6.07, 6.45) is 5.50. The van der Waals surface area contributed by atoms with Crippen LogP contribution in [0.1, 0.15) is 13.8 Å². The molecule has 0 aliphatic rings. The van der Waals surface area contributed by atoms with Gasteiger partial charge in [-0.15, -0.1) is 0 Å². The number of rotatable bonds is 3. The fourth-order valence-corrected chi connectivity index (χ4v) is 0.501. The molecule has 0 saturated heterocycles. The van der Waals surface area contributed by atoms with Gasteiger partial charge in [-0.25, -0.2) is 4.79 Å². The van der Waals surface area contributed by atoms with Crippen molar-refractivity contribution in [2.24, 2.45) is 0 Å². The minimum atomic E-state index is -0.938. The Kier molecular flexibility index (Phi) is 4.53. The molecule has 0 amide bonds. The van der Waals surface area contributed by atoms with Crippen LogP contribution in [0.5, 0.6) is 0 Å². The van der Waals surface area contributed by atoms with E-state index in [0.717, 1.165) is 11.8 Å². The normalized spacial score (nSPS) is 13.8. The molecule has 12 heavy (non-hydrogen) atoms. The SMILES string of the molecule is CC(=C/C=C(\C)C(=O)O)/C=C/O. The van der Waals surface area contributed by atoms with E-state index in [2.05, 4.69) is 0 Å². The number of carboxylic acid groups (broad SMARTS) is 1. The van der Waals surface area contributed by atoms with E-state index in [0.29, 0.717) is 0 Å². The summed E-state index contributed by atoms with van der Waals surface area (Å²) in [5.41, 5.74) is 1.05. The van der Waals surface area contributed by atoms with E-state index < -0.39 is 5.97 Å². The Morgan fingerprint density at radius 3 is 2.25 bits per heavy atom. The van der Waals surface area contributed by atoms with Gasteiger partial charge in [-0.05, 0) is 25.5 Å². The predicted octanol–water partition coefficient (Wildman–Crippen LogP) is 2.04. The average Bonchev–Trinajstić information content (AvgIpc) is 2.00. The van der Waals surface area contributed by atoms with E-state index in [1.807, 2.05) is 0 Å². The van der Waals surface area contributed by atoms with Crippen molar-refractivity contribution in [3.63, 3.8) is 0 Å². The van der Waals surface area contributed by atoms with Crippen LogP contribution >= 0.6 is 0 Å². The van der Waals surface area contributed by atoms with Gasteiger partial charge in [0.25, 0.3) is 0 Å². The molecule has 0 heterocycles. The van der Waals surface area contributed by atoms with E-state index in [1.54, 1.807) is 13.0 Å². The maximum atomic E-state index is 10.3. The zero-order chi connectivity index (χ0) is 9.56. The first-order chi connectivity index (χ1) is 5.57. The molecule has 0 saturated carbocycles. The minimum Gasteiger partial charge on any atom is -0.516 e. The van der Waals surface area contributed by atoms with Gasteiger partial charge in [-0.2, -0.15) is 0 Å². The molecule has 0 aliphatic carbocycles. The summed E-state index contributed by atoms with van der Waals surface area (Å²) in [4.78, 5) is 10.3. The third-order valence-electron chi connectivity index (χ3n) is 1.27. The highest BCUT2D eigenvalue weighted by Crippen LogP contribution is 1.98. The van der Waals surface area contributed by atoms with Gasteiger partial charge in [-0.1, -0.05) is 12.2 Å². The van der Waals surface area contributed by atoms with E-state index in [4.69, 9.17) is 10.2 Å². The highest BCUT2D eigenvalue weighted by atomic mass is 16.4. The van der Waals surface area contributed by atoms with Crippen molar-refractivity contribution in [1.29, 1.82) is 0 Å². The van der Waals surface area contributed by atoms with Gasteiger partial charge in [0.15, 0.2) is 0 Å². The zero-order valence-corrected chi connectivity index (χ0v) is 7.11. The Hall–Kier alpha value is -1.51. The van der Waals surface area contributed by atoms with E-state index in [-0.39, 0.29) is 5.57 Å². The number of carbonyl (C=O) groups is 1. The van der Waals surface area contributed by atoms with Gasteiger partial charge < -0.3 is 10.2 Å². The van der Waals surface area contributed by atoms with Crippen LogP contribution in [0.15, 0.2) is 35.6 Å². The van der Waals surface area contributed by atoms with Gasteiger partial charge in [0.05, 0.1) is 6.26 Å². The molecule has 0 aromatic heterocycles. The van der Waals surface area contributed by atoms with Crippen molar-refractivity contribution >= 4 is 5.97 Å². The average molecular weight is 168 g/mol.